The molecule has 1 saturated carbocycles. The number of fused-ring (bicyclic) bond motifs is 1. The summed E-state index contributed by atoms with van der Waals surface area (Å²) in [5, 5.41) is 7.23. The summed E-state index contributed by atoms with van der Waals surface area (Å²) in [6, 6.07) is 1.91. The first-order valence-corrected chi connectivity index (χ1v) is 16.2. The van der Waals surface area contributed by atoms with E-state index in [9.17, 15) is 4.21 Å². The van der Waals surface area contributed by atoms with Gasteiger partial charge in [-0.1, -0.05) is 23.4 Å². The third-order valence-electron chi connectivity index (χ3n) is 8.37. The lowest BCUT2D eigenvalue weighted by molar-refractivity contribution is 0.171. The fourth-order valence-corrected chi connectivity index (χ4v) is 8.45. The standard InChI is InChI=1S/C26H32ClN7OS3/c1-25(2,38(29)35)11-16-22-17(32-14-36-22)12-26(16)6-9-34(10-7-26)19-13-31-24(23(28)33-19)37-18-5-8-30-21(20(18)27)15-3-4-15/h5,8,13-16H,3-4,6-7,9-12,29H2,1-2H3,(H2,28,33)/t16-,38?/m1/s1. The van der Waals surface area contributed by atoms with Gasteiger partial charge in [0.05, 0.1) is 43.9 Å². The highest BCUT2D eigenvalue weighted by Crippen LogP contribution is 2.57. The maximum Gasteiger partial charge on any atom is 0.158 e. The molecular formula is C26H32ClN7OS3. The van der Waals surface area contributed by atoms with Crippen molar-refractivity contribution in [2.24, 2.45) is 10.6 Å². The van der Waals surface area contributed by atoms with Crippen LogP contribution in [0.3, 0.4) is 0 Å². The van der Waals surface area contributed by atoms with Gasteiger partial charge in [-0.25, -0.2) is 19.2 Å². The highest BCUT2D eigenvalue weighted by atomic mass is 35.5. The van der Waals surface area contributed by atoms with Crippen molar-refractivity contribution in [3.05, 3.63) is 45.3 Å². The quantitative estimate of drug-likeness (QED) is 0.380. The van der Waals surface area contributed by atoms with Gasteiger partial charge in [0.25, 0.3) is 0 Å². The number of hydrogen-bond donors (Lipinski definition) is 2. The smallest absolute Gasteiger partial charge is 0.158 e. The van der Waals surface area contributed by atoms with Crippen molar-refractivity contribution < 1.29 is 4.21 Å². The molecule has 38 heavy (non-hydrogen) atoms. The second-order valence-corrected chi connectivity index (χ2v) is 15.3. The summed E-state index contributed by atoms with van der Waals surface area (Å²) in [6.45, 7) is 5.74. The lowest BCUT2D eigenvalue weighted by Crippen LogP contribution is -2.45. The highest BCUT2D eigenvalue weighted by molar-refractivity contribution is 7.99. The fraction of sp³-hybridized carbons (Fsp3) is 0.538. The third kappa shape index (κ3) is 4.85. The zero-order valence-electron chi connectivity index (χ0n) is 21.5. The predicted octanol–water partition coefficient (Wildman–Crippen LogP) is 5.31. The molecule has 1 spiro atoms. The molecule has 202 valence electrons. The Hall–Kier alpha value is -1.79. The number of nitrogens with two attached hydrogens (primary N) is 2. The number of hydrogen-bond acceptors (Lipinski definition) is 9. The van der Waals surface area contributed by atoms with E-state index < -0.39 is 15.7 Å². The van der Waals surface area contributed by atoms with Gasteiger partial charge in [-0.3, -0.25) is 10.1 Å². The average Bonchev–Trinajstić information content (AvgIpc) is 3.57. The van der Waals surface area contributed by atoms with Crippen molar-refractivity contribution in [1.29, 1.82) is 0 Å². The Morgan fingerprint density at radius 3 is 2.71 bits per heavy atom. The Kier molecular flexibility index (Phi) is 6.95. The molecule has 2 aliphatic carbocycles. The minimum absolute atomic E-state index is 0.106. The Morgan fingerprint density at radius 1 is 1.26 bits per heavy atom. The van der Waals surface area contributed by atoms with Crippen LogP contribution in [0.1, 0.15) is 74.1 Å². The monoisotopic (exact) mass is 589 g/mol. The molecule has 4 N–H and O–H groups in total. The maximum atomic E-state index is 12.3. The van der Waals surface area contributed by atoms with E-state index in [1.165, 1.54) is 22.3 Å². The summed E-state index contributed by atoms with van der Waals surface area (Å²) in [5.74, 6) is 1.99. The number of aromatic nitrogens is 4. The molecular weight excluding hydrogens is 558 g/mol. The lowest BCUT2D eigenvalue weighted by atomic mass is 9.67. The molecule has 3 aliphatic rings. The number of halogens is 1. The van der Waals surface area contributed by atoms with Gasteiger partial charge in [-0.05, 0) is 63.9 Å². The molecule has 3 aromatic rings. The third-order valence-corrected chi connectivity index (χ3v) is 12.2. The Morgan fingerprint density at radius 2 is 2.03 bits per heavy atom. The SMILES string of the molecule is CC(C)(C[C@@H]1c2scnc2CC12CCN(c1cnc(Sc3ccnc(C4CC4)c3Cl)c(N)n1)CC2)S(N)=O. The van der Waals surface area contributed by atoms with Crippen molar-refractivity contribution in [2.75, 3.05) is 23.7 Å². The molecule has 2 atom stereocenters. The van der Waals surface area contributed by atoms with Crippen LogP contribution in [0.4, 0.5) is 11.6 Å². The Balaban J connectivity index is 1.17. The summed E-state index contributed by atoms with van der Waals surface area (Å²) in [4.78, 5) is 23.1. The van der Waals surface area contributed by atoms with Gasteiger partial charge in [-0.2, -0.15) is 0 Å². The van der Waals surface area contributed by atoms with Crippen LogP contribution in [0, 0.1) is 5.41 Å². The molecule has 2 fully saturated rings. The zero-order valence-corrected chi connectivity index (χ0v) is 24.7. The van der Waals surface area contributed by atoms with E-state index >= 15 is 0 Å². The molecule has 12 heteroatoms. The summed E-state index contributed by atoms with van der Waals surface area (Å²) in [7, 11) is -1.39. The first kappa shape index (κ1) is 26.4. The van der Waals surface area contributed by atoms with Crippen LogP contribution in [0.25, 0.3) is 0 Å². The largest absolute Gasteiger partial charge is 0.381 e. The molecule has 3 aromatic heterocycles. The lowest BCUT2D eigenvalue weighted by Gasteiger charge is -2.45. The van der Waals surface area contributed by atoms with E-state index in [1.807, 2.05) is 31.6 Å². The first-order valence-electron chi connectivity index (χ1n) is 13.0. The summed E-state index contributed by atoms with van der Waals surface area (Å²) in [6.07, 6.45) is 9.68. The molecule has 1 aliphatic heterocycles. The van der Waals surface area contributed by atoms with Gasteiger partial charge in [-0.15, -0.1) is 11.3 Å². The van der Waals surface area contributed by atoms with Crippen molar-refractivity contribution >= 4 is 57.3 Å². The molecule has 4 heterocycles. The fourth-order valence-electron chi connectivity index (χ4n) is 5.90. The van der Waals surface area contributed by atoms with E-state index in [0.29, 0.717) is 27.7 Å². The molecule has 1 saturated heterocycles. The normalized spacial score (nSPS) is 21.6. The minimum atomic E-state index is -1.39. The van der Waals surface area contributed by atoms with Gasteiger partial charge >= 0.3 is 0 Å². The van der Waals surface area contributed by atoms with Crippen LogP contribution in [-0.4, -0.2) is 42.0 Å². The number of thiazole rings is 1. The van der Waals surface area contributed by atoms with Crippen LogP contribution in [-0.2, 0) is 17.4 Å². The summed E-state index contributed by atoms with van der Waals surface area (Å²) < 4.78 is 11.8. The number of anilines is 2. The van der Waals surface area contributed by atoms with E-state index in [-0.39, 0.29) is 5.41 Å². The van der Waals surface area contributed by atoms with Gasteiger partial charge in [0.15, 0.2) is 5.82 Å². The number of pyridine rings is 1. The molecule has 0 bridgehead atoms. The van der Waals surface area contributed by atoms with Crippen LogP contribution < -0.4 is 15.8 Å². The second-order valence-electron chi connectivity index (χ2n) is 11.3. The van der Waals surface area contributed by atoms with Crippen molar-refractivity contribution in [1.82, 2.24) is 19.9 Å². The van der Waals surface area contributed by atoms with Crippen molar-refractivity contribution in [3.8, 4) is 0 Å². The number of piperidine rings is 1. The van der Waals surface area contributed by atoms with Gasteiger partial charge in [0, 0.05) is 40.9 Å². The van der Waals surface area contributed by atoms with E-state index in [0.717, 1.165) is 68.0 Å². The van der Waals surface area contributed by atoms with Crippen molar-refractivity contribution in [3.63, 3.8) is 0 Å². The van der Waals surface area contributed by atoms with Crippen LogP contribution in [0.5, 0.6) is 0 Å². The number of rotatable bonds is 7. The first-order chi connectivity index (χ1) is 18.2. The molecule has 1 unspecified atom stereocenters. The Labute approximate surface area is 239 Å². The summed E-state index contributed by atoms with van der Waals surface area (Å²) in [5.41, 5.74) is 10.6. The van der Waals surface area contributed by atoms with Crippen LogP contribution >= 0.6 is 34.7 Å². The van der Waals surface area contributed by atoms with Gasteiger partial charge < -0.3 is 10.6 Å². The van der Waals surface area contributed by atoms with E-state index in [1.54, 1.807) is 17.5 Å². The summed E-state index contributed by atoms with van der Waals surface area (Å²) >= 11 is 9.82. The molecule has 6 rings (SSSR count). The van der Waals surface area contributed by atoms with Crippen LogP contribution in [0.15, 0.2) is 33.9 Å². The molecule has 0 aromatic carbocycles. The maximum absolute atomic E-state index is 12.3. The average molecular weight is 590 g/mol. The zero-order chi connectivity index (χ0) is 26.7. The molecule has 8 nitrogen and oxygen atoms in total. The van der Waals surface area contributed by atoms with Gasteiger partial charge in [0.1, 0.15) is 10.8 Å². The number of nitrogens with zero attached hydrogens (tertiary/aromatic N) is 5. The molecule has 0 amide bonds. The number of nitrogen functional groups attached to an aromatic ring is 1. The van der Waals surface area contributed by atoms with Crippen LogP contribution in [0.2, 0.25) is 5.02 Å². The van der Waals surface area contributed by atoms with Gasteiger partial charge in [0.2, 0.25) is 0 Å². The second kappa shape index (κ2) is 9.99. The minimum Gasteiger partial charge on any atom is -0.381 e. The van der Waals surface area contributed by atoms with E-state index in [4.69, 9.17) is 27.5 Å². The predicted molar refractivity (Wildman–Crippen MR) is 155 cm³/mol. The molecule has 0 radical (unpaired) electrons. The highest BCUT2D eigenvalue weighted by Gasteiger charge is 2.51. The van der Waals surface area contributed by atoms with Crippen molar-refractivity contribution in [2.45, 2.75) is 78.9 Å². The Bertz CT molecular complexity index is 1380. The topological polar surface area (TPSA) is 124 Å². The van der Waals surface area contributed by atoms with E-state index in [2.05, 4.69) is 19.9 Å².